The van der Waals surface area contributed by atoms with Gasteiger partial charge in [0.05, 0.1) is 12.2 Å². The molecule has 0 spiro atoms. The predicted octanol–water partition coefficient (Wildman–Crippen LogP) is 2.99. The molecule has 144 valence electrons. The van der Waals surface area contributed by atoms with Crippen LogP contribution in [0.15, 0.2) is 59.6 Å². The SMILES string of the molecule is CN(C(=O)CN1CCN(c2cc(-c3ccsc3)ncn2)CC1)c1ccccc1. The lowest BCUT2D eigenvalue weighted by Crippen LogP contribution is -2.50. The van der Waals surface area contributed by atoms with Crippen molar-refractivity contribution in [3.63, 3.8) is 0 Å². The minimum absolute atomic E-state index is 0.112. The number of anilines is 2. The third-order valence-electron chi connectivity index (χ3n) is 5.04. The zero-order valence-corrected chi connectivity index (χ0v) is 16.7. The van der Waals surface area contributed by atoms with Gasteiger partial charge in [0.15, 0.2) is 0 Å². The highest BCUT2D eigenvalue weighted by Gasteiger charge is 2.22. The second kappa shape index (κ2) is 8.50. The Labute approximate surface area is 169 Å². The van der Waals surface area contributed by atoms with E-state index in [9.17, 15) is 4.79 Å². The second-order valence-corrected chi connectivity index (χ2v) is 7.61. The van der Waals surface area contributed by atoms with Crippen LogP contribution in [-0.4, -0.2) is 60.5 Å². The maximum absolute atomic E-state index is 12.6. The summed E-state index contributed by atoms with van der Waals surface area (Å²) in [5.41, 5.74) is 3.00. The molecule has 1 fully saturated rings. The van der Waals surface area contributed by atoms with Crippen LogP contribution < -0.4 is 9.80 Å². The molecule has 1 saturated heterocycles. The van der Waals surface area contributed by atoms with Crippen LogP contribution in [0.2, 0.25) is 0 Å². The van der Waals surface area contributed by atoms with Gasteiger partial charge in [-0.1, -0.05) is 18.2 Å². The van der Waals surface area contributed by atoms with Crippen molar-refractivity contribution in [2.75, 3.05) is 49.6 Å². The van der Waals surface area contributed by atoms with Crippen LogP contribution in [-0.2, 0) is 4.79 Å². The van der Waals surface area contributed by atoms with E-state index in [2.05, 4.69) is 36.6 Å². The van der Waals surface area contributed by atoms with Gasteiger partial charge in [0.2, 0.25) is 5.91 Å². The quantitative estimate of drug-likeness (QED) is 0.667. The van der Waals surface area contributed by atoms with Crippen molar-refractivity contribution in [2.45, 2.75) is 0 Å². The van der Waals surface area contributed by atoms with E-state index in [1.165, 1.54) is 0 Å². The highest BCUT2D eigenvalue weighted by molar-refractivity contribution is 7.08. The number of amides is 1. The summed E-state index contributed by atoms with van der Waals surface area (Å²) >= 11 is 1.67. The lowest BCUT2D eigenvalue weighted by molar-refractivity contribution is -0.119. The predicted molar refractivity (Wildman–Crippen MR) is 114 cm³/mol. The summed E-state index contributed by atoms with van der Waals surface area (Å²) in [4.78, 5) is 27.6. The summed E-state index contributed by atoms with van der Waals surface area (Å²) in [5.74, 6) is 1.06. The number of para-hydroxylation sites is 1. The molecule has 1 aliphatic heterocycles. The number of carbonyl (C=O) groups excluding carboxylic acids is 1. The standard InChI is InChI=1S/C21H23N5OS/c1-24(18-5-3-2-4-6-18)21(27)14-25-8-10-26(11-9-25)20-13-19(22-16-23-20)17-7-12-28-15-17/h2-7,12-13,15-16H,8-11,14H2,1H3. The largest absolute Gasteiger partial charge is 0.354 e. The van der Waals surface area contributed by atoms with E-state index in [0.29, 0.717) is 6.54 Å². The molecule has 0 atom stereocenters. The molecule has 0 bridgehead atoms. The highest BCUT2D eigenvalue weighted by Crippen LogP contribution is 2.23. The lowest BCUT2D eigenvalue weighted by Gasteiger charge is -2.35. The number of hydrogen-bond donors (Lipinski definition) is 0. The average molecular weight is 394 g/mol. The Morgan fingerprint density at radius 3 is 2.61 bits per heavy atom. The molecular formula is C21H23N5OS. The first-order valence-electron chi connectivity index (χ1n) is 9.34. The van der Waals surface area contributed by atoms with Crippen LogP contribution in [0.25, 0.3) is 11.3 Å². The van der Waals surface area contributed by atoms with Gasteiger partial charge in [0.25, 0.3) is 0 Å². The van der Waals surface area contributed by atoms with Gasteiger partial charge in [-0.2, -0.15) is 11.3 Å². The van der Waals surface area contributed by atoms with Gasteiger partial charge >= 0.3 is 0 Å². The first kappa shape index (κ1) is 18.6. The molecule has 3 aromatic rings. The molecule has 0 unspecified atom stereocenters. The number of rotatable bonds is 5. The molecule has 28 heavy (non-hydrogen) atoms. The van der Waals surface area contributed by atoms with Gasteiger partial charge in [0.1, 0.15) is 12.1 Å². The van der Waals surface area contributed by atoms with E-state index < -0.39 is 0 Å². The van der Waals surface area contributed by atoms with Crippen molar-refractivity contribution in [3.05, 3.63) is 59.6 Å². The number of nitrogens with zero attached hydrogens (tertiary/aromatic N) is 5. The average Bonchev–Trinajstić information content (AvgIpc) is 3.29. The van der Waals surface area contributed by atoms with Crippen LogP contribution in [0.4, 0.5) is 11.5 Å². The molecule has 0 N–H and O–H groups in total. The third kappa shape index (κ3) is 4.21. The topological polar surface area (TPSA) is 52.6 Å². The fraction of sp³-hybridized carbons (Fsp3) is 0.286. The molecule has 0 aliphatic carbocycles. The summed E-state index contributed by atoms with van der Waals surface area (Å²) in [6.45, 7) is 3.81. The Balaban J connectivity index is 1.34. The molecule has 1 aromatic carbocycles. The molecule has 6 nitrogen and oxygen atoms in total. The maximum Gasteiger partial charge on any atom is 0.240 e. The van der Waals surface area contributed by atoms with Crippen molar-refractivity contribution in [2.24, 2.45) is 0 Å². The van der Waals surface area contributed by atoms with Crippen LogP contribution >= 0.6 is 11.3 Å². The van der Waals surface area contributed by atoms with E-state index >= 15 is 0 Å². The zero-order chi connectivity index (χ0) is 19.3. The Morgan fingerprint density at radius 2 is 1.89 bits per heavy atom. The van der Waals surface area contributed by atoms with Crippen LogP contribution in [0, 0.1) is 0 Å². The van der Waals surface area contributed by atoms with Crippen molar-refractivity contribution in [1.29, 1.82) is 0 Å². The number of carbonyl (C=O) groups is 1. The van der Waals surface area contributed by atoms with Crippen LogP contribution in [0.3, 0.4) is 0 Å². The summed E-state index contributed by atoms with van der Waals surface area (Å²) in [7, 11) is 1.83. The summed E-state index contributed by atoms with van der Waals surface area (Å²) < 4.78 is 0. The monoisotopic (exact) mass is 393 g/mol. The van der Waals surface area contributed by atoms with Crippen molar-refractivity contribution in [1.82, 2.24) is 14.9 Å². The molecule has 0 radical (unpaired) electrons. The number of aromatic nitrogens is 2. The van der Waals surface area contributed by atoms with Gasteiger partial charge in [-0.25, -0.2) is 9.97 Å². The molecule has 3 heterocycles. The van der Waals surface area contributed by atoms with Gasteiger partial charge in [-0.05, 0) is 23.6 Å². The van der Waals surface area contributed by atoms with E-state index in [1.807, 2.05) is 43.4 Å². The Kier molecular flexibility index (Phi) is 5.64. The lowest BCUT2D eigenvalue weighted by atomic mass is 10.2. The van der Waals surface area contributed by atoms with E-state index in [0.717, 1.165) is 48.9 Å². The van der Waals surface area contributed by atoms with Gasteiger partial charge in [-0.15, -0.1) is 0 Å². The molecule has 2 aromatic heterocycles. The fourth-order valence-electron chi connectivity index (χ4n) is 3.32. The molecular weight excluding hydrogens is 370 g/mol. The van der Waals surface area contributed by atoms with E-state index in [1.54, 1.807) is 22.6 Å². The Bertz CT molecular complexity index is 908. The van der Waals surface area contributed by atoms with Crippen LogP contribution in [0.5, 0.6) is 0 Å². The van der Waals surface area contributed by atoms with E-state index in [-0.39, 0.29) is 5.91 Å². The summed E-state index contributed by atoms with van der Waals surface area (Å²) in [5, 5.41) is 4.15. The first-order valence-corrected chi connectivity index (χ1v) is 10.3. The normalized spacial score (nSPS) is 14.8. The zero-order valence-electron chi connectivity index (χ0n) is 15.9. The molecule has 4 rings (SSSR count). The van der Waals surface area contributed by atoms with Gasteiger partial charge in [-0.3, -0.25) is 9.69 Å². The third-order valence-corrected chi connectivity index (χ3v) is 5.73. The second-order valence-electron chi connectivity index (χ2n) is 6.82. The Morgan fingerprint density at radius 1 is 1.11 bits per heavy atom. The van der Waals surface area contributed by atoms with E-state index in [4.69, 9.17) is 0 Å². The van der Waals surface area contributed by atoms with Crippen molar-refractivity contribution in [3.8, 4) is 11.3 Å². The number of thiophene rings is 1. The van der Waals surface area contributed by atoms with Crippen LogP contribution in [0.1, 0.15) is 0 Å². The first-order chi connectivity index (χ1) is 13.7. The summed E-state index contributed by atoms with van der Waals surface area (Å²) in [6, 6.07) is 13.9. The summed E-state index contributed by atoms with van der Waals surface area (Å²) in [6.07, 6.45) is 1.63. The van der Waals surface area contributed by atoms with Gasteiger partial charge in [0, 0.05) is 55.9 Å². The highest BCUT2D eigenvalue weighted by atomic mass is 32.1. The number of likely N-dealkylation sites (N-methyl/N-ethyl adjacent to an activating group) is 1. The van der Waals surface area contributed by atoms with Crippen molar-refractivity contribution >= 4 is 28.7 Å². The van der Waals surface area contributed by atoms with Gasteiger partial charge < -0.3 is 9.80 Å². The minimum Gasteiger partial charge on any atom is -0.354 e. The molecule has 0 saturated carbocycles. The smallest absolute Gasteiger partial charge is 0.240 e. The fourth-order valence-corrected chi connectivity index (χ4v) is 3.97. The number of hydrogen-bond acceptors (Lipinski definition) is 6. The Hall–Kier alpha value is -2.77. The number of benzene rings is 1. The maximum atomic E-state index is 12.6. The molecule has 1 aliphatic rings. The number of piperazine rings is 1. The van der Waals surface area contributed by atoms with Crippen molar-refractivity contribution < 1.29 is 4.79 Å². The molecule has 1 amide bonds. The molecule has 7 heteroatoms. The minimum atomic E-state index is 0.112.